The minimum absolute atomic E-state index is 0.618. The number of aromatic amines is 1. The lowest BCUT2D eigenvalue weighted by Crippen LogP contribution is -1.92. The average molecular weight is 157 g/mol. The maximum Gasteiger partial charge on any atom is 0.188 e. The molecule has 0 spiro atoms. The summed E-state index contributed by atoms with van der Waals surface area (Å²) in [4.78, 5) is 2.94. The molecule has 0 aliphatic carbocycles. The fourth-order valence-corrected chi connectivity index (χ4v) is 1.29. The molecule has 1 rings (SSSR count). The van der Waals surface area contributed by atoms with Crippen LogP contribution in [0.1, 0.15) is 20.3 Å². The van der Waals surface area contributed by atoms with Crippen molar-refractivity contribution >= 4 is 11.8 Å². The highest BCUT2D eigenvalue weighted by Crippen LogP contribution is 2.19. The Morgan fingerprint density at radius 1 is 1.80 bits per heavy atom. The largest absolute Gasteiger partial charge is 0.323 e. The molecule has 0 aliphatic heterocycles. The molecule has 1 aromatic heterocycles. The Labute approximate surface area is 64.6 Å². The first-order chi connectivity index (χ1) is 4.83. The van der Waals surface area contributed by atoms with E-state index in [1.54, 1.807) is 18.1 Å². The standard InChI is InChI=1S/C6H11N3S/c1-3-5(2)10-6-7-4-8-9-6/h4-5H,3H2,1-2H3,(H,7,8,9). The van der Waals surface area contributed by atoms with E-state index >= 15 is 0 Å². The lowest BCUT2D eigenvalue weighted by atomic mass is 10.4. The molecule has 0 bridgehead atoms. The van der Waals surface area contributed by atoms with Crippen LogP contribution in [-0.4, -0.2) is 20.4 Å². The zero-order valence-corrected chi connectivity index (χ0v) is 6.98. The molecular weight excluding hydrogens is 146 g/mol. The van der Waals surface area contributed by atoms with Crippen molar-refractivity contribution in [1.29, 1.82) is 0 Å². The molecule has 0 aliphatic rings. The summed E-state index contributed by atoms with van der Waals surface area (Å²) in [7, 11) is 0. The van der Waals surface area contributed by atoms with Gasteiger partial charge in [0.05, 0.1) is 0 Å². The lowest BCUT2D eigenvalue weighted by Gasteiger charge is -2.02. The number of hydrogen-bond acceptors (Lipinski definition) is 3. The van der Waals surface area contributed by atoms with Crippen molar-refractivity contribution in [3.8, 4) is 0 Å². The molecule has 1 unspecified atom stereocenters. The highest BCUT2D eigenvalue weighted by atomic mass is 32.2. The van der Waals surface area contributed by atoms with Crippen LogP contribution in [0.3, 0.4) is 0 Å². The summed E-state index contributed by atoms with van der Waals surface area (Å²) in [5, 5.41) is 9.07. The minimum Gasteiger partial charge on any atom is -0.323 e. The van der Waals surface area contributed by atoms with Gasteiger partial charge >= 0.3 is 0 Å². The van der Waals surface area contributed by atoms with E-state index in [2.05, 4.69) is 29.0 Å². The molecule has 3 nitrogen and oxygen atoms in total. The molecule has 56 valence electrons. The van der Waals surface area contributed by atoms with E-state index in [0.717, 1.165) is 11.6 Å². The molecular formula is C6H11N3S. The predicted octanol–water partition coefficient (Wildman–Crippen LogP) is 1.70. The van der Waals surface area contributed by atoms with Gasteiger partial charge in [-0.1, -0.05) is 25.6 Å². The van der Waals surface area contributed by atoms with Gasteiger partial charge in [-0.3, -0.25) is 0 Å². The van der Waals surface area contributed by atoms with E-state index in [0.29, 0.717) is 5.25 Å². The number of H-pyrrole nitrogens is 1. The number of nitrogens with one attached hydrogen (secondary N) is 1. The number of thioether (sulfide) groups is 1. The van der Waals surface area contributed by atoms with Crippen LogP contribution >= 0.6 is 11.8 Å². The molecule has 0 saturated heterocycles. The van der Waals surface area contributed by atoms with E-state index in [1.807, 2.05) is 0 Å². The molecule has 0 radical (unpaired) electrons. The van der Waals surface area contributed by atoms with Crippen LogP contribution in [0.5, 0.6) is 0 Å². The number of hydrogen-bond donors (Lipinski definition) is 1. The van der Waals surface area contributed by atoms with E-state index in [1.165, 1.54) is 0 Å². The highest BCUT2D eigenvalue weighted by molar-refractivity contribution is 7.99. The quantitative estimate of drug-likeness (QED) is 0.679. The number of rotatable bonds is 3. The molecule has 0 saturated carbocycles. The van der Waals surface area contributed by atoms with Crippen LogP contribution in [0.4, 0.5) is 0 Å². The number of nitrogens with zero attached hydrogens (tertiary/aromatic N) is 2. The van der Waals surface area contributed by atoms with Crippen molar-refractivity contribution in [1.82, 2.24) is 15.2 Å². The van der Waals surface area contributed by atoms with Crippen molar-refractivity contribution in [2.24, 2.45) is 0 Å². The van der Waals surface area contributed by atoms with Gasteiger partial charge in [0, 0.05) is 5.25 Å². The summed E-state index contributed by atoms with van der Waals surface area (Å²) in [5.74, 6) is 0. The third-order valence-electron chi connectivity index (χ3n) is 1.28. The second-order valence-electron chi connectivity index (χ2n) is 2.13. The normalized spacial score (nSPS) is 13.4. The predicted molar refractivity (Wildman–Crippen MR) is 42.0 cm³/mol. The molecule has 4 heteroatoms. The topological polar surface area (TPSA) is 41.6 Å². The molecule has 1 N–H and O–H groups in total. The smallest absolute Gasteiger partial charge is 0.188 e. The molecule has 0 fully saturated rings. The van der Waals surface area contributed by atoms with Gasteiger partial charge in [0.2, 0.25) is 0 Å². The van der Waals surface area contributed by atoms with Crippen LogP contribution in [0.2, 0.25) is 0 Å². The van der Waals surface area contributed by atoms with Gasteiger partial charge in [-0.25, -0.2) is 0 Å². The van der Waals surface area contributed by atoms with Crippen molar-refractivity contribution in [3.63, 3.8) is 0 Å². The Hall–Kier alpha value is -0.510. The van der Waals surface area contributed by atoms with E-state index < -0.39 is 0 Å². The van der Waals surface area contributed by atoms with Crippen LogP contribution in [0.25, 0.3) is 0 Å². The molecule has 0 aromatic carbocycles. The summed E-state index contributed by atoms with van der Waals surface area (Å²) < 4.78 is 0. The number of aromatic nitrogens is 3. The summed E-state index contributed by atoms with van der Waals surface area (Å²) >= 11 is 1.72. The molecule has 0 amide bonds. The van der Waals surface area contributed by atoms with Crippen molar-refractivity contribution in [2.75, 3.05) is 0 Å². The monoisotopic (exact) mass is 157 g/mol. The first kappa shape index (κ1) is 7.60. The van der Waals surface area contributed by atoms with Gasteiger partial charge in [0.1, 0.15) is 6.33 Å². The van der Waals surface area contributed by atoms with Gasteiger partial charge in [0.15, 0.2) is 5.16 Å². The van der Waals surface area contributed by atoms with Crippen LogP contribution in [0.15, 0.2) is 11.5 Å². The zero-order valence-electron chi connectivity index (χ0n) is 6.16. The molecule has 1 heterocycles. The fourth-order valence-electron chi connectivity index (χ4n) is 0.526. The SMILES string of the molecule is CCC(C)Sc1nnc[nH]1. The second-order valence-corrected chi connectivity index (χ2v) is 3.56. The van der Waals surface area contributed by atoms with Gasteiger partial charge in [-0.2, -0.15) is 0 Å². The zero-order chi connectivity index (χ0) is 7.40. The molecule has 1 atom stereocenters. The van der Waals surface area contributed by atoms with Gasteiger partial charge in [-0.05, 0) is 6.42 Å². The summed E-state index contributed by atoms with van der Waals surface area (Å²) in [5.41, 5.74) is 0. The maximum absolute atomic E-state index is 3.86. The summed E-state index contributed by atoms with van der Waals surface area (Å²) in [6.07, 6.45) is 2.76. The Morgan fingerprint density at radius 3 is 3.10 bits per heavy atom. The highest BCUT2D eigenvalue weighted by Gasteiger charge is 2.02. The molecule has 1 aromatic rings. The van der Waals surface area contributed by atoms with Crippen LogP contribution in [-0.2, 0) is 0 Å². The first-order valence-electron chi connectivity index (χ1n) is 3.35. The Balaban J connectivity index is 2.40. The van der Waals surface area contributed by atoms with Gasteiger partial charge < -0.3 is 4.98 Å². The Kier molecular flexibility index (Phi) is 2.74. The van der Waals surface area contributed by atoms with Gasteiger partial charge in [-0.15, -0.1) is 10.2 Å². The van der Waals surface area contributed by atoms with Crippen molar-refractivity contribution < 1.29 is 0 Å². The van der Waals surface area contributed by atoms with Crippen LogP contribution in [0, 0.1) is 0 Å². The van der Waals surface area contributed by atoms with E-state index in [-0.39, 0.29) is 0 Å². The molecule has 10 heavy (non-hydrogen) atoms. The fraction of sp³-hybridized carbons (Fsp3) is 0.667. The minimum atomic E-state index is 0.618. The summed E-state index contributed by atoms with van der Waals surface area (Å²) in [6, 6.07) is 0. The van der Waals surface area contributed by atoms with Crippen molar-refractivity contribution in [3.05, 3.63) is 6.33 Å². The third-order valence-corrected chi connectivity index (χ3v) is 2.44. The Morgan fingerprint density at radius 2 is 2.60 bits per heavy atom. The van der Waals surface area contributed by atoms with E-state index in [4.69, 9.17) is 0 Å². The first-order valence-corrected chi connectivity index (χ1v) is 4.23. The summed E-state index contributed by atoms with van der Waals surface area (Å²) in [6.45, 7) is 4.33. The van der Waals surface area contributed by atoms with Crippen molar-refractivity contribution in [2.45, 2.75) is 30.7 Å². The second kappa shape index (κ2) is 3.61. The van der Waals surface area contributed by atoms with Crippen LogP contribution < -0.4 is 0 Å². The Bertz CT molecular complexity index is 173. The van der Waals surface area contributed by atoms with E-state index in [9.17, 15) is 0 Å². The van der Waals surface area contributed by atoms with Gasteiger partial charge in [0.25, 0.3) is 0 Å². The third kappa shape index (κ3) is 2.02. The average Bonchev–Trinajstić information content (AvgIpc) is 2.40. The lowest BCUT2D eigenvalue weighted by molar-refractivity contribution is 0.888. The maximum atomic E-state index is 3.86.